The number of esters is 1. The molecule has 0 spiro atoms. The second-order valence-corrected chi connectivity index (χ2v) is 6.84. The lowest BCUT2D eigenvalue weighted by Gasteiger charge is -2.09. The van der Waals surface area contributed by atoms with Crippen LogP contribution in [0.4, 0.5) is 10.1 Å². The molecule has 0 unspecified atom stereocenters. The van der Waals surface area contributed by atoms with Gasteiger partial charge in [-0.1, -0.05) is 13.3 Å². The van der Waals surface area contributed by atoms with Crippen LogP contribution in [-0.2, 0) is 16.1 Å². The molecule has 0 saturated heterocycles. The minimum Gasteiger partial charge on any atom is -0.462 e. The maximum absolute atomic E-state index is 13.1. The molecule has 1 heterocycles. The number of unbranched alkanes of at least 4 members (excludes halogenated alkanes) is 1. The zero-order valence-electron chi connectivity index (χ0n) is 17.0. The van der Waals surface area contributed by atoms with Crippen molar-refractivity contribution in [2.75, 3.05) is 11.9 Å². The van der Waals surface area contributed by atoms with Crippen molar-refractivity contribution in [2.45, 2.75) is 26.3 Å². The number of rotatable bonds is 8. The van der Waals surface area contributed by atoms with E-state index in [2.05, 4.69) is 10.4 Å². The normalized spacial score (nSPS) is 10.5. The van der Waals surface area contributed by atoms with E-state index in [4.69, 9.17) is 4.74 Å². The molecule has 1 amide bonds. The summed E-state index contributed by atoms with van der Waals surface area (Å²) < 4.78 is 19.3. The predicted molar refractivity (Wildman–Crippen MR) is 114 cm³/mol. The van der Waals surface area contributed by atoms with Gasteiger partial charge in [0, 0.05) is 17.3 Å². The third-order valence-corrected chi connectivity index (χ3v) is 4.44. The first-order chi connectivity index (χ1) is 15.0. The van der Waals surface area contributed by atoms with Gasteiger partial charge in [0.1, 0.15) is 12.4 Å². The summed E-state index contributed by atoms with van der Waals surface area (Å²) in [4.78, 5) is 36.4. The number of halogens is 1. The zero-order chi connectivity index (χ0) is 22.2. The number of nitrogens with zero attached hydrogens (tertiary/aromatic N) is 2. The summed E-state index contributed by atoms with van der Waals surface area (Å²) in [7, 11) is 0. The van der Waals surface area contributed by atoms with Crippen molar-refractivity contribution >= 4 is 17.6 Å². The molecule has 0 aliphatic carbocycles. The zero-order valence-corrected chi connectivity index (χ0v) is 17.0. The van der Waals surface area contributed by atoms with Crippen LogP contribution < -0.4 is 10.9 Å². The highest BCUT2D eigenvalue weighted by Gasteiger charge is 2.10. The van der Waals surface area contributed by atoms with Crippen LogP contribution in [0.5, 0.6) is 0 Å². The van der Waals surface area contributed by atoms with Crippen molar-refractivity contribution in [1.82, 2.24) is 9.78 Å². The second-order valence-electron chi connectivity index (χ2n) is 6.84. The van der Waals surface area contributed by atoms with Gasteiger partial charge in [-0.2, -0.15) is 5.10 Å². The fraction of sp³-hybridized carbons (Fsp3) is 0.217. The monoisotopic (exact) mass is 423 g/mol. The molecule has 0 bridgehead atoms. The van der Waals surface area contributed by atoms with Gasteiger partial charge < -0.3 is 10.1 Å². The van der Waals surface area contributed by atoms with Crippen molar-refractivity contribution in [3.63, 3.8) is 0 Å². The van der Waals surface area contributed by atoms with E-state index in [1.165, 1.54) is 24.3 Å². The summed E-state index contributed by atoms with van der Waals surface area (Å²) in [5, 5.41) is 6.85. The van der Waals surface area contributed by atoms with Crippen molar-refractivity contribution in [1.29, 1.82) is 0 Å². The Hall–Kier alpha value is -3.81. The Morgan fingerprint density at radius 1 is 1.03 bits per heavy atom. The number of carbonyl (C=O) groups is 2. The van der Waals surface area contributed by atoms with E-state index in [1.54, 1.807) is 36.4 Å². The van der Waals surface area contributed by atoms with Crippen LogP contribution in [0.25, 0.3) is 11.3 Å². The maximum atomic E-state index is 13.1. The van der Waals surface area contributed by atoms with E-state index in [-0.39, 0.29) is 12.4 Å². The Morgan fingerprint density at radius 3 is 2.42 bits per heavy atom. The predicted octanol–water partition coefficient (Wildman–Crippen LogP) is 3.65. The number of amides is 1. The molecule has 7 nitrogen and oxygen atoms in total. The number of nitrogens with one attached hydrogen (secondary N) is 1. The van der Waals surface area contributed by atoms with Crippen LogP contribution in [0, 0.1) is 5.82 Å². The Labute approximate surface area is 178 Å². The highest BCUT2D eigenvalue weighted by Crippen LogP contribution is 2.16. The lowest BCUT2D eigenvalue weighted by atomic mass is 10.1. The lowest BCUT2D eigenvalue weighted by molar-refractivity contribution is -0.117. The highest BCUT2D eigenvalue weighted by atomic mass is 19.1. The summed E-state index contributed by atoms with van der Waals surface area (Å²) in [5.74, 6) is -1.25. The van der Waals surface area contributed by atoms with Gasteiger partial charge in [0.25, 0.3) is 5.56 Å². The van der Waals surface area contributed by atoms with Crippen molar-refractivity contribution in [2.24, 2.45) is 0 Å². The van der Waals surface area contributed by atoms with Gasteiger partial charge in [0.15, 0.2) is 0 Å². The number of hydrogen-bond donors (Lipinski definition) is 1. The quantitative estimate of drug-likeness (QED) is 0.441. The number of aromatic nitrogens is 2. The van der Waals surface area contributed by atoms with Crippen molar-refractivity contribution in [3.8, 4) is 11.3 Å². The van der Waals surface area contributed by atoms with E-state index >= 15 is 0 Å². The Morgan fingerprint density at radius 2 is 1.74 bits per heavy atom. The molecule has 0 fully saturated rings. The molecule has 1 aromatic heterocycles. The Kier molecular flexibility index (Phi) is 7.26. The highest BCUT2D eigenvalue weighted by molar-refractivity contribution is 5.93. The van der Waals surface area contributed by atoms with Crippen molar-refractivity contribution < 1.29 is 18.7 Å². The van der Waals surface area contributed by atoms with Gasteiger partial charge in [-0.15, -0.1) is 0 Å². The third-order valence-electron chi connectivity index (χ3n) is 4.44. The Bertz CT molecular complexity index is 1110. The molecular weight excluding hydrogens is 401 g/mol. The van der Waals surface area contributed by atoms with Gasteiger partial charge in [-0.3, -0.25) is 9.59 Å². The first kappa shape index (κ1) is 21.9. The molecule has 0 saturated carbocycles. The fourth-order valence-electron chi connectivity index (χ4n) is 2.76. The molecule has 2 aromatic carbocycles. The number of benzene rings is 2. The van der Waals surface area contributed by atoms with Crippen LogP contribution in [0.15, 0.2) is 65.5 Å². The summed E-state index contributed by atoms with van der Waals surface area (Å²) in [6.07, 6.45) is 1.73. The number of ether oxygens (including phenoxy) is 1. The smallest absolute Gasteiger partial charge is 0.338 e. The molecule has 0 radical (unpaired) electrons. The van der Waals surface area contributed by atoms with Crippen LogP contribution in [0.3, 0.4) is 0 Å². The molecule has 0 aliphatic rings. The topological polar surface area (TPSA) is 90.3 Å². The van der Waals surface area contributed by atoms with E-state index in [0.29, 0.717) is 29.1 Å². The molecule has 0 aliphatic heterocycles. The first-order valence-electron chi connectivity index (χ1n) is 9.87. The molecule has 3 aromatic rings. The van der Waals surface area contributed by atoms with Gasteiger partial charge in [0.05, 0.1) is 17.9 Å². The van der Waals surface area contributed by atoms with Gasteiger partial charge in [0.2, 0.25) is 5.91 Å². The van der Waals surface area contributed by atoms with Crippen molar-refractivity contribution in [3.05, 3.63) is 82.4 Å². The standard InChI is InChI=1S/C23H22FN3O4/c1-2-3-14-31-23(30)17-6-10-19(11-7-17)25-21(28)15-27-22(29)13-12-20(26-27)16-4-8-18(24)9-5-16/h4-13H,2-3,14-15H2,1H3,(H,25,28). The molecule has 0 atom stereocenters. The van der Waals surface area contributed by atoms with Crippen LogP contribution >= 0.6 is 0 Å². The summed E-state index contributed by atoms with van der Waals surface area (Å²) in [6.45, 7) is 2.08. The average molecular weight is 423 g/mol. The van der Waals surface area contributed by atoms with Crippen LogP contribution in [0.2, 0.25) is 0 Å². The maximum Gasteiger partial charge on any atom is 0.338 e. The number of anilines is 1. The summed E-state index contributed by atoms with van der Waals surface area (Å²) >= 11 is 0. The van der Waals surface area contributed by atoms with Crippen LogP contribution in [0.1, 0.15) is 30.1 Å². The van der Waals surface area contributed by atoms with E-state index in [1.807, 2.05) is 6.92 Å². The third kappa shape index (κ3) is 6.08. The second kappa shape index (κ2) is 10.3. The van der Waals surface area contributed by atoms with Gasteiger partial charge in [-0.25, -0.2) is 13.9 Å². The number of carbonyl (C=O) groups excluding carboxylic acids is 2. The SMILES string of the molecule is CCCCOC(=O)c1ccc(NC(=O)Cn2nc(-c3ccc(F)cc3)ccc2=O)cc1. The minimum absolute atomic E-state index is 0.297. The van der Waals surface area contributed by atoms with E-state index < -0.39 is 17.4 Å². The molecule has 3 rings (SSSR count). The molecule has 31 heavy (non-hydrogen) atoms. The Balaban J connectivity index is 1.64. The van der Waals surface area contributed by atoms with E-state index in [0.717, 1.165) is 17.5 Å². The van der Waals surface area contributed by atoms with E-state index in [9.17, 15) is 18.8 Å². The lowest BCUT2D eigenvalue weighted by Crippen LogP contribution is -2.29. The fourth-order valence-corrected chi connectivity index (χ4v) is 2.76. The van der Waals surface area contributed by atoms with Crippen LogP contribution in [-0.4, -0.2) is 28.3 Å². The number of hydrogen-bond acceptors (Lipinski definition) is 5. The summed E-state index contributed by atoms with van der Waals surface area (Å²) in [5.41, 5.74) is 1.48. The first-order valence-corrected chi connectivity index (χ1v) is 9.87. The molecule has 1 N–H and O–H groups in total. The van der Waals surface area contributed by atoms with Gasteiger partial charge >= 0.3 is 5.97 Å². The average Bonchev–Trinajstić information content (AvgIpc) is 2.76. The summed E-state index contributed by atoms with van der Waals surface area (Å²) in [6, 6.07) is 14.8. The minimum atomic E-state index is -0.455. The molecular formula is C23H22FN3O4. The molecule has 160 valence electrons. The largest absolute Gasteiger partial charge is 0.462 e. The van der Waals surface area contributed by atoms with Gasteiger partial charge in [-0.05, 0) is 61.0 Å². The molecule has 8 heteroatoms.